The van der Waals surface area contributed by atoms with Gasteiger partial charge in [-0.3, -0.25) is 5.32 Å². The van der Waals surface area contributed by atoms with Gasteiger partial charge in [-0.25, -0.2) is 4.79 Å². The highest BCUT2D eigenvalue weighted by Crippen LogP contribution is 2.42. The first-order chi connectivity index (χ1) is 12.4. The average Bonchev–Trinajstić information content (AvgIpc) is 3.15. The Morgan fingerprint density at radius 2 is 1.88 bits per heavy atom. The van der Waals surface area contributed by atoms with Crippen molar-refractivity contribution in [2.75, 3.05) is 11.9 Å². The number of carbonyl (C=O) groups excluding carboxylic acids is 1. The molecule has 2 aliphatic rings. The molecule has 1 aromatic carbocycles. The van der Waals surface area contributed by atoms with Crippen LogP contribution in [0.5, 0.6) is 0 Å². The third-order valence-electron chi connectivity index (χ3n) is 5.26. The van der Waals surface area contributed by atoms with Crippen molar-refractivity contribution >= 4 is 22.5 Å². The smallest absolute Gasteiger partial charge is 0.317 e. The predicted octanol–water partition coefficient (Wildman–Crippen LogP) is 5.08. The molecule has 2 heterocycles. The van der Waals surface area contributed by atoms with Crippen LogP contribution in [0.15, 0.2) is 24.3 Å². The number of hydrogen-bond donors (Lipinski definition) is 1. The van der Waals surface area contributed by atoms with Crippen LogP contribution in [0, 0.1) is 0 Å². The number of urea groups is 1. The number of nitrogens with one attached hydrogen (secondary N) is 1. The lowest BCUT2D eigenvalue weighted by Crippen LogP contribution is -2.34. The van der Waals surface area contributed by atoms with Gasteiger partial charge in [0.15, 0.2) is 0 Å². The summed E-state index contributed by atoms with van der Waals surface area (Å²) >= 11 is 1.51. The van der Waals surface area contributed by atoms with Gasteiger partial charge in [-0.2, -0.15) is 0 Å². The molecular formula is C20H26N4OS. The maximum absolute atomic E-state index is 12.8. The van der Waals surface area contributed by atoms with Gasteiger partial charge in [-0.15, -0.1) is 10.2 Å². The van der Waals surface area contributed by atoms with Crippen LogP contribution in [0.2, 0.25) is 0 Å². The molecule has 26 heavy (non-hydrogen) atoms. The van der Waals surface area contributed by atoms with E-state index in [1.165, 1.54) is 35.3 Å². The molecular weight excluding hydrogens is 344 g/mol. The molecule has 5 nitrogen and oxygen atoms in total. The molecule has 1 aromatic heterocycles. The number of benzene rings is 1. The van der Waals surface area contributed by atoms with Crippen molar-refractivity contribution in [1.29, 1.82) is 0 Å². The molecule has 1 saturated carbocycles. The number of aromatic nitrogens is 2. The fourth-order valence-corrected chi connectivity index (χ4v) is 4.41. The molecule has 2 aromatic rings. The zero-order chi connectivity index (χ0) is 18.3. The standard InChI is InChI=1S/C20H26N4OS/c1-20(2,3)15-10-8-13(9-11-15)16-5-4-12-24(16)19(25)21-18-23-22-17(26-18)14-6-7-14/h8-11,14,16H,4-7,12H2,1-3H3,(H,21,23,25)/t16-/m0/s1. The van der Waals surface area contributed by atoms with Gasteiger partial charge in [0.2, 0.25) is 5.13 Å². The first-order valence-electron chi connectivity index (χ1n) is 9.43. The van der Waals surface area contributed by atoms with Crippen LogP contribution >= 0.6 is 11.3 Å². The van der Waals surface area contributed by atoms with Gasteiger partial charge in [-0.1, -0.05) is 56.4 Å². The van der Waals surface area contributed by atoms with Crippen LogP contribution in [-0.4, -0.2) is 27.7 Å². The fourth-order valence-electron chi connectivity index (χ4n) is 3.51. The first-order valence-corrected chi connectivity index (χ1v) is 10.2. The van der Waals surface area contributed by atoms with Crippen molar-refractivity contribution in [3.05, 3.63) is 40.4 Å². The molecule has 2 amide bonds. The molecule has 0 spiro atoms. The SMILES string of the molecule is CC(C)(C)c1ccc([C@@H]2CCCN2C(=O)Nc2nnc(C3CC3)s2)cc1. The van der Waals surface area contributed by atoms with Gasteiger partial charge in [0.05, 0.1) is 6.04 Å². The summed E-state index contributed by atoms with van der Waals surface area (Å²) in [7, 11) is 0. The molecule has 0 radical (unpaired) electrons. The normalized spacial score (nSPS) is 20.4. The Kier molecular flexibility index (Phi) is 4.47. The van der Waals surface area contributed by atoms with Crippen molar-refractivity contribution in [3.63, 3.8) is 0 Å². The van der Waals surface area contributed by atoms with Gasteiger partial charge in [0.1, 0.15) is 5.01 Å². The first kappa shape index (κ1) is 17.5. The highest BCUT2D eigenvalue weighted by atomic mass is 32.1. The van der Waals surface area contributed by atoms with Crippen LogP contribution in [0.25, 0.3) is 0 Å². The van der Waals surface area contributed by atoms with Crippen molar-refractivity contribution in [2.45, 2.75) is 63.8 Å². The number of amides is 2. The van der Waals surface area contributed by atoms with Crippen molar-refractivity contribution in [3.8, 4) is 0 Å². The molecule has 1 saturated heterocycles. The van der Waals surface area contributed by atoms with E-state index in [0.717, 1.165) is 24.4 Å². The van der Waals surface area contributed by atoms with Crippen LogP contribution < -0.4 is 5.32 Å². The Morgan fingerprint density at radius 1 is 1.15 bits per heavy atom. The van der Waals surface area contributed by atoms with Gasteiger partial charge in [0, 0.05) is 12.5 Å². The van der Waals surface area contributed by atoms with Crippen LogP contribution in [0.3, 0.4) is 0 Å². The lowest BCUT2D eigenvalue weighted by molar-refractivity contribution is 0.207. The summed E-state index contributed by atoms with van der Waals surface area (Å²) in [6, 6.07) is 8.80. The second-order valence-corrected chi connectivity index (χ2v) is 9.38. The highest BCUT2D eigenvalue weighted by Gasteiger charge is 2.32. The molecule has 1 aliphatic carbocycles. The Hall–Kier alpha value is -1.95. The number of anilines is 1. The quantitative estimate of drug-likeness (QED) is 0.819. The van der Waals surface area contributed by atoms with E-state index in [0.29, 0.717) is 11.0 Å². The van der Waals surface area contributed by atoms with E-state index in [9.17, 15) is 4.79 Å². The second kappa shape index (κ2) is 6.65. The zero-order valence-corrected chi connectivity index (χ0v) is 16.5. The molecule has 0 bridgehead atoms. The van der Waals surface area contributed by atoms with Crippen LogP contribution in [0.4, 0.5) is 9.93 Å². The second-order valence-electron chi connectivity index (χ2n) is 8.37. The van der Waals surface area contributed by atoms with E-state index in [4.69, 9.17) is 0 Å². The third-order valence-corrected chi connectivity index (χ3v) is 6.26. The van der Waals surface area contributed by atoms with Gasteiger partial charge >= 0.3 is 6.03 Å². The fraction of sp³-hybridized carbons (Fsp3) is 0.550. The summed E-state index contributed by atoms with van der Waals surface area (Å²) in [5.41, 5.74) is 2.67. The highest BCUT2D eigenvalue weighted by molar-refractivity contribution is 7.15. The third kappa shape index (κ3) is 3.61. The Bertz CT molecular complexity index is 789. The van der Waals surface area contributed by atoms with Crippen LogP contribution in [-0.2, 0) is 5.41 Å². The molecule has 1 atom stereocenters. The number of nitrogens with zero attached hydrogens (tertiary/aromatic N) is 3. The Labute approximate surface area is 158 Å². The Balaban J connectivity index is 1.45. The molecule has 0 unspecified atom stereocenters. The van der Waals surface area contributed by atoms with E-state index >= 15 is 0 Å². The predicted molar refractivity (Wildman–Crippen MR) is 105 cm³/mol. The van der Waals surface area contributed by atoms with Crippen molar-refractivity contribution in [2.24, 2.45) is 0 Å². The maximum Gasteiger partial charge on any atom is 0.324 e. The molecule has 1 aliphatic heterocycles. The largest absolute Gasteiger partial charge is 0.324 e. The molecule has 6 heteroatoms. The minimum absolute atomic E-state index is 0.0640. The molecule has 138 valence electrons. The summed E-state index contributed by atoms with van der Waals surface area (Å²) in [6.45, 7) is 7.44. The Morgan fingerprint density at radius 3 is 2.54 bits per heavy atom. The van der Waals surface area contributed by atoms with E-state index < -0.39 is 0 Å². The molecule has 1 N–H and O–H groups in total. The summed E-state index contributed by atoms with van der Waals surface area (Å²) in [6.07, 6.45) is 4.43. The van der Waals surface area contributed by atoms with E-state index in [1.54, 1.807) is 0 Å². The van der Waals surface area contributed by atoms with Crippen LogP contribution in [0.1, 0.15) is 74.5 Å². The topological polar surface area (TPSA) is 58.1 Å². The molecule has 4 rings (SSSR count). The minimum Gasteiger partial charge on any atom is -0.317 e. The van der Waals surface area contributed by atoms with Gasteiger partial charge < -0.3 is 4.90 Å². The number of carbonyl (C=O) groups is 1. The monoisotopic (exact) mass is 370 g/mol. The molecule has 2 fully saturated rings. The summed E-state index contributed by atoms with van der Waals surface area (Å²) in [5, 5.41) is 13.0. The number of likely N-dealkylation sites (tertiary alicyclic amines) is 1. The van der Waals surface area contributed by atoms with E-state index in [2.05, 4.69) is 60.6 Å². The minimum atomic E-state index is -0.0640. The average molecular weight is 371 g/mol. The van der Waals surface area contributed by atoms with E-state index in [1.807, 2.05) is 4.90 Å². The lowest BCUT2D eigenvalue weighted by Gasteiger charge is -2.26. The number of hydrogen-bond acceptors (Lipinski definition) is 4. The van der Waals surface area contributed by atoms with E-state index in [-0.39, 0.29) is 17.5 Å². The lowest BCUT2D eigenvalue weighted by atomic mass is 9.86. The summed E-state index contributed by atoms with van der Waals surface area (Å²) in [4.78, 5) is 14.7. The van der Waals surface area contributed by atoms with Crippen molar-refractivity contribution in [1.82, 2.24) is 15.1 Å². The maximum atomic E-state index is 12.8. The number of rotatable bonds is 3. The summed E-state index contributed by atoms with van der Waals surface area (Å²) in [5.74, 6) is 0.569. The van der Waals surface area contributed by atoms with Gasteiger partial charge in [0.25, 0.3) is 0 Å². The van der Waals surface area contributed by atoms with Gasteiger partial charge in [-0.05, 0) is 42.2 Å². The zero-order valence-electron chi connectivity index (χ0n) is 15.7. The van der Waals surface area contributed by atoms with Crippen molar-refractivity contribution < 1.29 is 4.79 Å². The summed E-state index contributed by atoms with van der Waals surface area (Å²) < 4.78 is 0.